The predicted octanol–water partition coefficient (Wildman–Crippen LogP) is 3.57. The van der Waals surface area contributed by atoms with Crippen LogP contribution in [0.5, 0.6) is 0 Å². The number of benzene rings is 1. The first-order chi connectivity index (χ1) is 19.5. The Hall–Kier alpha value is -3.15. The Balaban J connectivity index is 1.41. The molecule has 11 heteroatoms. The van der Waals surface area contributed by atoms with Gasteiger partial charge >= 0.3 is 5.97 Å². The van der Waals surface area contributed by atoms with E-state index >= 15 is 0 Å². The van der Waals surface area contributed by atoms with Gasteiger partial charge in [-0.1, -0.05) is 48.5 Å². The molecule has 5 rings (SSSR count). The number of rotatable bonds is 7. The van der Waals surface area contributed by atoms with Crippen molar-refractivity contribution in [3.8, 4) is 0 Å². The summed E-state index contributed by atoms with van der Waals surface area (Å²) in [5.41, 5.74) is 9.57. The number of nitrogens with two attached hydrogens (primary N) is 1. The Labute approximate surface area is 242 Å². The van der Waals surface area contributed by atoms with E-state index in [0.717, 1.165) is 48.1 Å². The molecule has 0 unspecified atom stereocenters. The number of carbonyl (C=O) groups excluding carboxylic acids is 3. The molecular weight excluding hydrogens is 548 g/mol. The number of nitrogens with zero attached hydrogens (tertiary/aromatic N) is 2. The molecule has 1 aromatic carbocycles. The monoisotopic (exact) mass is 582 g/mol. The molecule has 3 heterocycles. The number of hydrogen-bond donors (Lipinski definition) is 2. The van der Waals surface area contributed by atoms with Crippen molar-refractivity contribution in [1.29, 1.82) is 0 Å². The van der Waals surface area contributed by atoms with Gasteiger partial charge < -0.3 is 25.4 Å². The fraction of sp³-hybridized carbons (Fsp3) is 0.448. The minimum absolute atomic E-state index is 0.190. The molecule has 3 aliphatic rings. The number of ether oxygens (including phenoxy) is 2. The highest BCUT2D eigenvalue weighted by Gasteiger charge is 2.40. The van der Waals surface area contributed by atoms with Crippen molar-refractivity contribution in [1.82, 2.24) is 4.90 Å². The number of aryl methyl sites for hydroxylation is 1. The van der Waals surface area contributed by atoms with Gasteiger partial charge in [0.1, 0.15) is 15.3 Å². The summed E-state index contributed by atoms with van der Waals surface area (Å²) in [6.07, 6.45) is 5.50. The minimum atomic E-state index is -0.845. The van der Waals surface area contributed by atoms with Gasteiger partial charge in [0.05, 0.1) is 31.5 Å². The van der Waals surface area contributed by atoms with E-state index in [2.05, 4.69) is 5.32 Å². The summed E-state index contributed by atoms with van der Waals surface area (Å²) >= 11 is 2.62. The van der Waals surface area contributed by atoms with Gasteiger partial charge in [-0.05, 0) is 43.2 Å². The Morgan fingerprint density at radius 1 is 1.12 bits per heavy atom. The molecule has 1 fully saturated rings. The second-order valence-electron chi connectivity index (χ2n) is 9.90. The number of amides is 2. The van der Waals surface area contributed by atoms with Gasteiger partial charge in [0, 0.05) is 30.2 Å². The van der Waals surface area contributed by atoms with Crippen LogP contribution in [0.3, 0.4) is 0 Å². The first kappa shape index (κ1) is 28.4. The third kappa shape index (κ3) is 6.11. The van der Waals surface area contributed by atoms with Crippen LogP contribution in [0.25, 0.3) is 0 Å². The first-order valence-electron chi connectivity index (χ1n) is 13.6. The van der Waals surface area contributed by atoms with Gasteiger partial charge in [0.15, 0.2) is 0 Å². The van der Waals surface area contributed by atoms with Crippen molar-refractivity contribution in [3.05, 3.63) is 63.2 Å². The smallest absolute Gasteiger partial charge is 0.341 e. The number of thiophene rings is 1. The summed E-state index contributed by atoms with van der Waals surface area (Å²) in [6, 6.07) is 9.98. The normalized spacial score (nSPS) is 20.3. The molecule has 0 saturated carbocycles. The largest absolute Gasteiger partial charge is 0.465 e. The van der Waals surface area contributed by atoms with Crippen molar-refractivity contribution in [2.75, 3.05) is 45.3 Å². The average Bonchev–Trinajstić information content (AvgIpc) is 3.39. The number of aliphatic imine (C=N–C) groups is 1. The number of hydrogen-bond acceptors (Lipinski definition) is 9. The molecule has 3 N–H and O–H groups in total. The van der Waals surface area contributed by atoms with Crippen molar-refractivity contribution in [2.45, 2.75) is 43.8 Å². The lowest BCUT2D eigenvalue weighted by Gasteiger charge is -2.27. The van der Waals surface area contributed by atoms with Crippen molar-refractivity contribution < 1.29 is 23.9 Å². The summed E-state index contributed by atoms with van der Waals surface area (Å²) in [4.78, 5) is 47.6. The number of morpholine rings is 1. The van der Waals surface area contributed by atoms with Gasteiger partial charge in [-0.3, -0.25) is 14.6 Å². The van der Waals surface area contributed by atoms with Crippen LogP contribution in [0.2, 0.25) is 0 Å². The van der Waals surface area contributed by atoms with Crippen LogP contribution in [-0.2, 0) is 38.3 Å². The van der Waals surface area contributed by atoms with E-state index in [9.17, 15) is 14.4 Å². The maximum absolute atomic E-state index is 13.7. The van der Waals surface area contributed by atoms with Gasteiger partial charge in [-0.15, -0.1) is 11.3 Å². The Morgan fingerprint density at radius 3 is 2.62 bits per heavy atom. The predicted molar refractivity (Wildman–Crippen MR) is 158 cm³/mol. The highest BCUT2D eigenvalue weighted by Crippen LogP contribution is 2.40. The fourth-order valence-electron chi connectivity index (χ4n) is 5.20. The standard InChI is InChI=1S/C29H34N4O5S2/c1-37-29(36)21-19-10-6-3-7-11-20(19)39-27(21)32-25(34)24-23(30)22(28(35)33-14-16-38-17-15-33)26(40-24)31-13-12-18-8-4-2-5-9-18/h2,4-5,8-9,24H,3,6-7,10-17,30H2,1H3,(H,32,34)/t24-/m1/s1. The molecule has 1 aliphatic carbocycles. The van der Waals surface area contributed by atoms with Crippen LogP contribution >= 0.6 is 23.1 Å². The van der Waals surface area contributed by atoms with E-state index in [4.69, 9.17) is 20.2 Å². The van der Waals surface area contributed by atoms with Gasteiger partial charge in [0.2, 0.25) is 5.91 Å². The molecule has 2 aromatic rings. The number of thioether (sulfide) groups is 1. The Kier molecular flexibility index (Phi) is 9.23. The van der Waals surface area contributed by atoms with Gasteiger partial charge in [-0.25, -0.2) is 4.79 Å². The molecule has 40 heavy (non-hydrogen) atoms. The molecule has 0 spiro atoms. The minimum Gasteiger partial charge on any atom is -0.465 e. The topological polar surface area (TPSA) is 123 Å². The van der Waals surface area contributed by atoms with Crippen LogP contribution in [0.15, 0.2) is 46.6 Å². The molecule has 2 aliphatic heterocycles. The number of methoxy groups -OCH3 is 1. The highest BCUT2D eigenvalue weighted by molar-refractivity contribution is 8.16. The molecule has 9 nitrogen and oxygen atoms in total. The lowest BCUT2D eigenvalue weighted by Crippen LogP contribution is -2.42. The van der Waals surface area contributed by atoms with Gasteiger partial charge in [-0.2, -0.15) is 0 Å². The lowest BCUT2D eigenvalue weighted by atomic mass is 10.1. The summed E-state index contributed by atoms with van der Waals surface area (Å²) in [6.45, 7) is 2.28. The summed E-state index contributed by atoms with van der Waals surface area (Å²) in [5.74, 6) is -1.08. The van der Waals surface area contributed by atoms with E-state index in [1.807, 2.05) is 30.3 Å². The Bertz CT molecular complexity index is 1330. The molecular formula is C29H34N4O5S2. The summed E-state index contributed by atoms with van der Waals surface area (Å²) in [7, 11) is 1.35. The third-order valence-electron chi connectivity index (χ3n) is 7.31. The van der Waals surface area contributed by atoms with E-state index in [1.165, 1.54) is 30.2 Å². The maximum atomic E-state index is 13.7. The summed E-state index contributed by atoms with van der Waals surface area (Å²) < 4.78 is 10.5. The Morgan fingerprint density at radius 2 is 1.88 bits per heavy atom. The second kappa shape index (κ2) is 13.0. The van der Waals surface area contributed by atoms with E-state index in [0.29, 0.717) is 54.9 Å². The zero-order valence-corrected chi connectivity index (χ0v) is 24.2. The average molecular weight is 583 g/mol. The molecule has 0 bridgehead atoms. The first-order valence-corrected chi connectivity index (χ1v) is 15.3. The number of esters is 1. The van der Waals surface area contributed by atoms with Gasteiger partial charge in [0.25, 0.3) is 5.91 Å². The second-order valence-corrected chi connectivity index (χ2v) is 12.1. The zero-order chi connectivity index (χ0) is 28.1. The number of anilines is 1. The van der Waals surface area contributed by atoms with Crippen molar-refractivity contribution >= 4 is 50.9 Å². The lowest BCUT2D eigenvalue weighted by molar-refractivity contribution is -0.130. The third-order valence-corrected chi connectivity index (χ3v) is 9.78. The molecule has 0 radical (unpaired) electrons. The molecule has 1 aromatic heterocycles. The number of carbonyl (C=O) groups is 3. The van der Waals surface area contributed by atoms with Crippen molar-refractivity contribution in [2.24, 2.45) is 10.7 Å². The van der Waals surface area contributed by atoms with Crippen LogP contribution < -0.4 is 11.1 Å². The van der Waals surface area contributed by atoms with E-state index < -0.39 is 11.2 Å². The van der Waals surface area contributed by atoms with E-state index in [-0.39, 0.29) is 23.1 Å². The van der Waals surface area contributed by atoms with E-state index in [1.54, 1.807) is 4.90 Å². The van der Waals surface area contributed by atoms with Crippen LogP contribution in [0.1, 0.15) is 45.6 Å². The highest BCUT2D eigenvalue weighted by atomic mass is 32.2. The summed E-state index contributed by atoms with van der Waals surface area (Å²) in [5, 5.41) is 3.07. The zero-order valence-electron chi connectivity index (χ0n) is 22.6. The molecule has 2 amide bonds. The quantitative estimate of drug-likeness (QED) is 0.378. The maximum Gasteiger partial charge on any atom is 0.341 e. The molecule has 212 valence electrons. The fourth-order valence-corrected chi connectivity index (χ4v) is 7.60. The van der Waals surface area contributed by atoms with Crippen LogP contribution in [0.4, 0.5) is 5.00 Å². The van der Waals surface area contributed by atoms with Crippen molar-refractivity contribution in [3.63, 3.8) is 0 Å². The number of fused-ring (bicyclic) bond motifs is 1. The molecule has 1 atom stereocenters. The SMILES string of the molecule is COC(=O)c1c(NC(=O)[C@@H]2SC(=NCCc3ccccc3)C(C(=O)N3CCOCC3)=C2N)sc2c1CCCCC2. The molecule has 1 saturated heterocycles. The van der Waals surface area contributed by atoms with Crippen LogP contribution in [-0.4, -0.2) is 72.9 Å². The van der Waals surface area contributed by atoms with Crippen LogP contribution in [0, 0.1) is 0 Å². The number of nitrogens with one attached hydrogen (secondary N) is 1.